The van der Waals surface area contributed by atoms with E-state index in [1.54, 1.807) is 0 Å². The van der Waals surface area contributed by atoms with E-state index in [0.717, 1.165) is 10.9 Å². The smallest absolute Gasteiger partial charge is 0.316 e. The summed E-state index contributed by atoms with van der Waals surface area (Å²) in [5.41, 5.74) is -1.65. The molecule has 5 heteroatoms. The zero-order chi connectivity index (χ0) is 7.72. The van der Waals surface area contributed by atoms with Crippen molar-refractivity contribution in [3.05, 3.63) is 26.8 Å². The standard InChI is InChI=1S/C5H6N2O3/c1-7-5(10)4(9)3(8)2-6-7/h2,6,8H,1H3. The Morgan fingerprint density at radius 3 is 2.70 bits per heavy atom. The predicted molar refractivity (Wildman–Crippen MR) is 34.0 cm³/mol. The number of nitrogens with zero attached hydrogens (tertiary/aromatic N) is 1. The Hall–Kier alpha value is -1.52. The molecule has 1 aromatic heterocycles. The van der Waals surface area contributed by atoms with Crippen LogP contribution < -0.4 is 11.0 Å². The zero-order valence-electron chi connectivity index (χ0n) is 5.29. The van der Waals surface area contributed by atoms with E-state index in [1.807, 2.05) is 0 Å². The molecule has 0 aliphatic heterocycles. The highest BCUT2D eigenvalue weighted by atomic mass is 16.3. The second-order valence-electron chi connectivity index (χ2n) is 1.85. The fourth-order valence-corrected chi connectivity index (χ4v) is 0.544. The molecule has 0 aliphatic rings. The van der Waals surface area contributed by atoms with Crippen LogP contribution in [0.15, 0.2) is 15.8 Å². The highest BCUT2D eigenvalue weighted by Crippen LogP contribution is 1.88. The summed E-state index contributed by atoms with van der Waals surface area (Å²) in [5.74, 6) is -0.553. The SMILES string of the molecule is Cn1[nH]cc(O)c(=O)c1=O. The maximum absolute atomic E-state index is 10.6. The van der Waals surface area contributed by atoms with Crippen LogP contribution >= 0.6 is 0 Å². The average molecular weight is 142 g/mol. The molecule has 0 amide bonds. The van der Waals surface area contributed by atoms with Gasteiger partial charge in [0.15, 0.2) is 5.75 Å². The molecule has 2 N–H and O–H groups in total. The first-order valence-electron chi connectivity index (χ1n) is 2.60. The fourth-order valence-electron chi connectivity index (χ4n) is 0.544. The van der Waals surface area contributed by atoms with E-state index in [9.17, 15) is 9.59 Å². The molecular formula is C5H6N2O3. The van der Waals surface area contributed by atoms with Crippen LogP contribution in [0, 0.1) is 0 Å². The Bertz CT molecular complexity index is 314. The molecule has 0 unspecified atom stereocenters. The quantitative estimate of drug-likeness (QED) is 0.446. The topological polar surface area (TPSA) is 75.1 Å². The van der Waals surface area contributed by atoms with Crippen molar-refractivity contribution in [2.24, 2.45) is 7.05 Å². The summed E-state index contributed by atoms with van der Waals surface area (Å²) in [7, 11) is 1.39. The molecule has 0 aromatic carbocycles. The number of hydrogen-bond donors (Lipinski definition) is 2. The van der Waals surface area contributed by atoms with Crippen molar-refractivity contribution in [3.63, 3.8) is 0 Å². The van der Waals surface area contributed by atoms with Gasteiger partial charge in [-0.15, -0.1) is 0 Å². The Morgan fingerprint density at radius 1 is 1.60 bits per heavy atom. The Kier molecular flexibility index (Phi) is 1.33. The summed E-state index contributed by atoms with van der Waals surface area (Å²) in [6.07, 6.45) is 1.06. The van der Waals surface area contributed by atoms with Crippen molar-refractivity contribution in [2.45, 2.75) is 0 Å². The molecule has 1 heterocycles. The summed E-state index contributed by atoms with van der Waals surface area (Å²) in [5, 5.41) is 11.0. The van der Waals surface area contributed by atoms with Gasteiger partial charge in [-0.25, -0.2) is 0 Å². The molecule has 10 heavy (non-hydrogen) atoms. The van der Waals surface area contributed by atoms with E-state index in [1.165, 1.54) is 7.05 Å². The molecule has 5 nitrogen and oxygen atoms in total. The van der Waals surface area contributed by atoms with Crippen LogP contribution in [0.3, 0.4) is 0 Å². The molecule has 1 rings (SSSR count). The van der Waals surface area contributed by atoms with Crippen LogP contribution in [-0.4, -0.2) is 14.9 Å². The van der Waals surface area contributed by atoms with Gasteiger partial charge in [0.2, 0.25) is 0 Å². The molecule has 0 aliphatic carbocycles. The molecule has 0 bridgehead atoms. The van der Waals surface area contributed by atoms with Gasteiger partial charge in [0.1, 0.15) is 0 Å². The summed E-state index contributed by atoms with van der Waals surface area (Å²) in [6.45, 7) is 0. The van der Waals surface area contributed by atoms with Gasteiger partial charge in [-0.3, -0.25) is 19.4 Å². The number of aromatic nitrogens is 2. The first-order chi connectivity index (χ1) is 4.63. The summed E-state index contributed by atoms with van der Waals surface area (Å²) in [6, 6.07) is 0. The van der Waals surface area contributed by atoms with Crippen molar-refractivity contribution in [2.75, 3.05) is 0 Å². The first-order valence-corrected chi connectivity index (χ1v) is 2.60. The van der Waals surface area contributed by atoms with E-state index < -0.39 is 16.7 Å². The van der Waals surface area contributed by atoms with Crippen molar-refractivity contribution < 1.29 is 5.11 Å². The second kappa shape index (κ2) is 2.02. The van der Waals surface area contributed by atoms with Gasteiger partial charge < -0.3 is 5.11 Å². The lowest BCUT2D eigenvalue weighted by atomic mass is 10.5. The minimum atomic E-state index is -0.888. The van der Waals surface area contributed by atoms with E-state index in [-0.39, 0.29) is 0 Å². The van der Waals surface area contributed by atoms with E-state index in [0.29, 0.717) is 0 Å². The van der Waals surface area contributed by atoms with Gasteiger partial charge in [-0.05, 0) is 0 Å². The zero-order valence-corrected chi connectivity index (χ0v) is 5.29. The molecule has 54 valence electrons. The second-order valence-corrected chi connectivity index (χ2v) is 1.85. The minimum absolute atomic E-state index is 0.553. The van der Waals surface area contributed by atoms with Crippen LogP contribution in [0.2, 0.25) is 0 Å². The lowest BCUT2D eigenvalue weighted by Gasteiger charge is -1.94. The van der Waals surface area contributed by atoms with Gasteiger partial charge in [0.05, 0.1) is 6.20 Å². The lowest BCUT2D eigenvalue weighted by Crippen LogP contribution is -2.33. The Morgan fingerprint density at radius 2 is 2.20 bits per heavy atom. The normalized spacial score (nSPS) is 9.70. The van der Waals surface area contributed by atoms with Crippen LogP contribution in [0.25, 0.3) is 0 Å². The molecule has 1 aromatic rings. The van der Waals surface area contributed by atoms with Crippen molar-refractivity contribution >= 4 is 0 Å². The third kappa shape index (κ3) is 0.812. The van der Waals surface area contributed by atoms with Crippen LogP contribution in [0.1, 0.15) is 0 Å². The molecule has 0 saturated carbocycles. The Balaban J connectivity index is 3.67. The predicted octanol–water partition coefficient (Wildman–Crippen LogP) is -1.22. The first kappa shape index (κ1) is 6.60. The van der Waals surface area contributed by atoms with Gasteiger partial charge in [0, 0.05) is 7.05 Å². The number of nitrogens with one attached hydrogen (secondary N) is 1. The van der Waals surface area contributed by atoms with Crippen LogP contribution in [0.4, 0.5) is 0 Å². The molecule has 0 fully saturated rings. The van der Waals surface area contributed by atoms with Gasteiger partial charge >= 0.3 is 5.56 Å². The van der Waals surface area contributed by atoms with Crippen molar-refractivity contribution in [1.29, 1.82) is 0 Å². The maximum Gasteiger partial charge on any atom is 0.316 e. The number of aromatic hydroxyl groups is 1. The third-order valence-corrected chi connectivity index (χ3v) is 1.13. The van der Waals surface area contributed by atoms with E-state index in [2.05, 4.69) is 5.10 Å². The van der Waals surface area contributed by atoms with Gasteiger partial charge in [-0.1, -0.05) is 0 Å². The number of rotatable bonds is 0. The van der Waals surface area contributed by atoms with Gasteiger partial charge in [0.25, 0.3) is 5.43 Å². The molecular weight excluding hydrogens is 136 g/mol. The summed E-state index contributed by atoms with van der Waals surface area (Å²) < 4.78 is 0.988. The van der Waals surface area contributed by atoms with Gasteiger partial charge in [-0.2, -0.15) is 0 Å². The number of aryl methyl sites for hydroxylation is 1. The van der Waals surface area contributed by atoms with Crippen LogP contribution in [-0.2, 0) is 7.05 Å². The Labute approximate surface area is 55.5 Å². The maximum atomic E-state index is 10.6. The minimum Gasteiger partial charge on any atom is -0.503 e. The fraction of sp³-hybridized carbons (Fsp3) is 0.200. The molecule has 0 atom stereocenters. The number of H-pyrrole nitrogens is 1. The largest absolute Gasteiger partial charge is 0.503 e. The molecule has 0 saturated heterocycles. The van der Waals surface area contributed by atoms with E-state index in [4.69, 9.17) is 5.11 Å². The lowest BCUT2D eigenvalue weighted by molar-refractivity contribution is 0.458. The van der Waals surface area contributed by atoms with Crippen molar-refractivity contribution in [1.82, 2.24) is 9.78 Å². The van der Waals surface area contributed by atoms with Crippen molar-refractivity contribution in [3.8, 4) is 5.75 Å². The average Bonchev–Trinajstić information content (AvgIpc) is 1.93. The summed E-state index contributed by atoms with van der Waals surface area (Å²) in [4.78, 5) is 21.2. The van der Waals surface area contributed by atoms with E-state index >= 15 is 0 Å². The highest BCUT2D eigenvalue weighted by Gasteiger charge is 2.00. The monoisotopic (exact) mass is 142 g/mol. The molecule has 0 radical (unpaired) electrons. The summed E-state index contributed by atoms with van der Waals surface area (Å²) >= 11 is 0. The third-order valence-electron chi connectivity index (χ3n) is 1.13. The highest BCUT2D eigenvalue weighted by molar-refractivity contribution is 5.11. The van der Waals surface area contributed by atoms with Crippen LogP contribution in [0.5, 0.6) is 5.75 Å². The number of aromatic amines is 1. The number of hydrogen-bond acceptors (Lipinski definition) is 3. The molecule has 0 spiro atoms.